The number of rotatable bonds is 9. The van der Waals surface area contributed by atoms with Crippen LogP contribution in [0, 0.1) is 0 Å². The van der Waals surface area contributed by atoms with Gasteiger partial charge in [0.15, 0.2) is 4.91 Å². The third kappa shape index (κ3) is 4.94. The topological polar surface area (TPSA) is 94.9 Å². The van der Waals surface area contributed by atoms with Crippen molar-refractivity contribution in [2.75, 3.05) is 19.7 Å². The number of carboxylic acid groups (broad SMARTS) is 1. The molecule has 0 amide bonds. The zero-order chi connectivity index (χ0) is 18.2. The predicted octanol–water partition coefficient (Wildman–Crippen LogP) is 2.04. The van der Waals surface area contributed by atoms with Crippen molar-refractivity contribution in [3.63, 3.8) is 0 Å². The second-order valence-corrected chi connectivity index (χ2v) is 6.88. The van der Waals surface area contributed by atoms with Crippen LogP contribution in [0.25, 0.3) is 0 Å². The summed E-state index contributed by atoms with van der Waals surface area (Å²) in [6, 6.07) is 7.51. The molecule has 0 bridgehead atoms. The second kappa shape index (κ2) is 9.24. The van der Waals surface area contributed by atoms with Crippen LogP contribution >= 0.6 is 0 Å². The molecule has 7 heteroatoms. The minimum atomic E-state index is -4.12. The van der Waals surface area contributed by atoms with Crippen molar-refractivity contribution in [3.05, 3.63) is 53.1 Å². The lowest BCUT2D eigenvalue weighted by Gasteiger charge is -2.17. The molecule has 1 rings (SSSR count). The number of nitrogens with zero attached hydrogens (tertiary/aromatic N) is 1. The van der Waals surface area contributed by atoms with E-state index >= 15 is 0 Å². The summed E-state index contributed by atoms with van der Waals surface area (Å²) in [5.74, 6) is -1.48. The first kappa shape index (κ1) is 19.9. The van der Waals surface area contributed by atoms with Gasteiger partial charge in [0.1, 0.15) is 0 Å². The summed E-state index contributed by atoms with van der Waals surface area (Å²) in [5, 5.41) is 18.5. The lowest BCUT2D eigenvalue weighted by Crippen LogP contribution is -2.21. The number of carbonyl (C=O) groups is 1. The molecule has 0 unspecified atom stereocenters. The Morgan fingerprint density at radius 2 is 1.83 bits per heavy atom. The van der Waals surface area contributed by atoms with Gasteiger partial charge >= 0.3 is 5.97 Å². The highest BCUT2D eigenvalue weighted by Crippen LogP contribution is 2.24. The van der Waals surface area contributed by atoms with Gasteiger partial charge in [-0.05, 0) is 43.3 Å². The van der Waals surface area contributed by atoms with E-state index in [2.05, 4.69) is 0 Å². The summed E-state index contributed by atoms with van der Waals surface area (Å²) in [5.41, 5.74) is 0.211. The minimum Gasteiger partial charge on any atom is -0.477 e. The van der Waals surface area contributed by atoms with E-state index in [4.69, 9.17) is 5.11 Å². The number of aliphatic carboxylic acids is 1. The summed E-state index contributed by atoms with van der Waals surface area (Å²) >= 11 is 0. The Bertz CT molecular complexity index is 708. The Hall–Kier alpha value is -2.12. The van der Waals surface area contributed by atoms with Crippen molar-refractivity contribution in [3.8, 4) is 0 Å². The van der Waals surface area contributed by atoms with Crippen LogP contribution in [0.2, 0.25) is 0 Å². The average Bonchev–Trinajstić information content (AvgIpc) is 2.57. The molecule has 0 heterocycles. The molecule has 1 aromatic carbocycles. The first-order chi connectivity index (χ1) is 11.4. The summed E-state index contributed by atoms with van der Waals surface area (Å²) in [7, 11) is -4.12. The Balaban J connectivity index is 3.40. The number of hydrogen-bond donors (Lipinski definition) is 2. The van der Waals surface area contributed by atoms with Crippen LogP contribution in [-0.2, 0) is 14.6 Å². The number of allylic oxidation sites excluding steroid dienone is 2. The highest BCUT2D eigenvalue weighted by Gasteiger charge is 2.29. The van der Waals surface area contributed by atoms with E-state index in [-0.39, 0.29) is 23.5 Å². The summed E-state index contributed by atoms with van der Waals surface area (Å²) in [6.07, 6.45) is 3.35. The van der Waals surface area contributed by atoms with Gasteiger partial charge in [-0.1, -0.05) is 25.1 Å². The normalized spacial score (nSPS) is 13.0. The van der Waals surface area contributed by atoms with E-state index in [1.807, 2.05) is 6.92 Å². The molecule has 0 fully saturated rings. The SMILES string of the molecule is CCC(C=CN(CC)CCO)=C(C(=O)O)S(=O)(=O)c1ccccc1. The lowest BCUT2D eigenvalue weighted by atomic mass is 10.2. The van der Waals surface area contributed by atoms with E-state index in [0.717, 1.165) is 0 Å². The minimum absolute atomic E-state index is 0.0442. The largest absolute Gasteiger partial charge is 0.477 e. The Morgan fingerprint density at radius 1 is 1.21 bits per heavy atom. The van der Waals surface area contributed by atoms with Gasteiger partial charge in [0.2, 0.25) is 9.84 Å². The molecule has 0 atom stereocenters. The van der Waals surface area contributed by atoms with Crippen LogP contribution in [0.1, 0.15) is 20.3 Å². The number of likely N-dealkylation sites (N-methyl/N-ethyl adjacent to an activating group) is 1. The fourth-order valence-corrected chi connectivity index (χ4v) is 3.70. The Labute approximate surface area is 142 Å². The smallest absolute Gasteiger partial charge is 0.348 e. The van der Waals surface area contributed by atoms with E-state index in [1.165, 1.54) is 18.2 Å². The molecule has 0 saturated carbocycles. The fraction of sp³-hybridized carbons (Fsp3) is 0.353. The molecule has 1 aromatic rings. The first-order valence-electron chi connectivity index (χ1n) is 7.68. The van der Waals surface area contributed by atoms with Crippen molar-refractivity contribution in [1.82, 2.24) is 4.90 Å². The van der Waals surface area contributed by atoms with Gasteiger partial charge in [0, 0.05) is 13.1 Å². The van der Waals surface area contributed by atoms with Crippen molar-refractivity contribution < 1.29 is 23.4 Å². The summed E-state index contributed by atoms with van der Waals surface area (Å²) in [4.78, 5) is 12.7. The monoisotopic (exact) mass is 353 g/mol. The van der Waals surface area contributed by atoms with Crippen molar-refractivity contribution in [2.24, 2.45) is 0 Å². The first-order valence-corrected chi connectivity index (χ1v) is 9.16. The van der Waals surface area contributed by atoms with E-state index < -0.39 is 20.7 Å². The highest BCUT2D eigenvalue weighted by molar-refractivity contribution is 7.96. The van der Waals surface area contributed by atoms with Gasteiger partial charge in [-0.2, -0.15) is 0 Å². The lowest BCUT2D eigenvalue weighted by molar-refractivity contribution is -0.131. The van der Waals surface area contributed by atoms with Crippen LogP contribution in [0.3, 0.4) is 0 Å². The average molecular weight is 353 g/mol. The number of hydrogen-bond acceptors (Lipinski definition) is 5. The molecule has 0 radical (unpaired) electrons. The molecule has 0 aliphatic heterocycles. The standard InChI is InChI=1S/C17H23NO5S/c1-3-14(10-11-18(4-2)12-13-19)16(17(20)21)24(22,23)15-8-6-5-7-9-15/h5-11,19H,3-4,12-13H2,1-2H3,(H,20,21). The Kier molecular flexibility index (Phi) is 7.67. The van der Waals surface area contributed by atoms with Gasteiger partial charge in [0.25, 0.3) is 0 Å². The van der Waals surface area contributed by atoms with Gasteiger partial charge < -0.3 is 15.1 Å². The molecule has 6 nitrogen and oxygen atoms in total. The summed E-state index contributed by atoms with van der Waals surface area (Å²) in [6.45, 7) is 4.54. The van der Waals surface area contributed by atoms with Gasteiger partial charge in [0.05, 0.1) is 11.5 Å². The zero-order valence-corrected chi connectivity index (χ0v) is 14.7. The molecular weight excluding hydrogens is 330 g/mol. The molecule has 0 aliphatic carbocycles. The molecular formula is C17H23NO5S. The molecule has 2 N–H and O–H groups in total. The van der Waals surface area contributed by atoms with Crippen molar-refractivity contribution in [2.45, 2.75) is 25.2 Å². The van der Waals surface area contributed by atoms with Crippen LogP contribution < -0.4 is 0 Å². The van der Waals surface area contributed by atoms with Crippen LogP contribution in [0.5, 0.6) is 0 Å². The van der Waals surface area contributed by atoms with E-state index in [9.17, 15) is 18.3 Å². The van der Waals surface area contributed by atoms with Crippen LogP contribution in [0.4, 0.5) is 0 Å². The van der Waals surface area contributed by atoms with E-state index in [1.54, 1.807) is 36.2 Å². The quantitative estimate of drug-likeness (QED) is 0.521. The molecule has 132 valence electrons. The van der Waals surface area contributed by atoms with Crippen molar-refractivity contribution in [1.29, 1.82) is 0 Å². The number of sulfone groups is 1. The maximum absolute atomic E-state index is 12.7. The predicted molar refractivity (Wildman–Crippen MR) is 92.1 cm³/mol. The van der Waals surface area contributed by atoms with Gasteiger partial charge in [-0.3, -0.25) is 0 Å². The molecule has 0 aromatic heterocycles. The van der Waals surface area contributed by atoms with Gasteiger partial charge in [-0.15, -0.1) is 0 Å². The molecule has 0 spiro atoms. The third-order valence-corrected chi connectivity index (χ3v) is 5.34. The zero-order valence-electron chi connectivity index (χ0n) is 13.8. The number of aliphatic hydroxyl groups excluding tert-OH is 1. The number of benzene rings is 1. The van der Waals surface area contributed by atoms with Crippen molar-refractivity contribution >= 4 is 15.8 Å². The fourth-order valence-electron chi connectivity index (χ4n) is 2.16. The number of carboxylic acids is 1. The van der Waals surface area contributed by atoms with Crippen LogP contribution in [0.15, 0.2) is 58.0 Å². The summed E-state index contributed by atoms with van der Waals surface area (Å²) < 4.78 is 25.4. The number of aliphatic hydroxyl groups is 1. The maximum atomic E-state index is 12.7. The van der Waals surface area contributed by atoms with E-state index in [0.29, 0.717) is 13.1 Å². The Morgan fingerprint density at radius 3 is 2.29 bits per heavy atom. The third-order valence-electron chi connectivity index (χ3n) is 3.47. The highest BCUT2D eigenvalue weighted by atomic mass is 32.2. The molecule has 24 heavy (non-hydrogen) atoms. The maximum Gasteiger partial charge on any atom is 0.348 e. The molecule has 0 saturated heterocycles. The van der Waals surface area contributed by atoms with Gasteiger partial charge in [-0.25, -0.2) is 13.2 Å². The molecule has 0 aliphatic rings. The van der Waals surface area contributed by atoms with Crippen LogP contribution in [-0.4, -0.2) is 49.2 Å². The second-order valence-electron chi connectivity index (χ2n) is 5.00.